The summed E-state index contributed by atoms with van der Waals surface area (Å²) in [5.74, 6) is 0.435. The Morgan fingerprint density at radius 2 is 2.35 bits per heavy atom. The second kappa shape index (κ2) is 5.75. The number of nitrogens with one attached hydrogen (secondary N) is 1. The summed E-state index contributed by atoms with van der Waals surface area (Å²) < 4.78 is 18.7. The van der Waals surface area contributed by atoms with Gasteiger partial charge >= 0.3 is 0 Å². The SMILES string of the molecule is CNCc1cc(F)ccc1OCc1cscn1. The second-order valence-corrected chi connectivity index (χ2v) is 4.27. The molecule has 0 spiro atoms. The molecule has 5 heteroatoms. The average molecular weight is 252 g/mol. The minimum Gasteiger partial charge on any atom is -0.487 e. The predicted octanol–water partition coefficient (Wildman–Crippen LogP) is 2.58. The fourth-order valence-corrected chi connectivity index (χ4v) is 2.02. The first-order chi connectivity index (χ1) is 8.29. The maximum atomic E-state index is 13.1. The predicted molar refractivity (Wildman–Crippen MR) is 65.6 cm³/mol. The van der Waals surface area contributed by atoms with Gasteiger partial charge < -0.3 is 10.1 Å². The van der Waals surface area contributed by atoms with Crippen molar-refractivity contribution in [3.05, 3.63) is 46.2 Å². The molecule has 0 unspecified atom stereocenters. The van der Waals surface area contributed by atoms with E-state index >= 15 is 0 Å². The fourth-order valence-electron chi connectivity index (χ4n) is 1.48. The lowest BCUT2D eigenvalue weighted by Gasteiger charge is -2.10. The minimum atomic E-state index is -0.253. The number of hydrogen-bond donors (Lipinski definition) is 1. The molecule has 2 aromatic rings. The van der Waals surface area contributed by atoms with Crippen molar-refractivity contribution in [2.45, 2.75) is 13.2 Å². The molecule has 0 aliphatic carbocycles. The van der Waals surface area contributed by atoms with Gasteiger partial charge in [-0.2, -0.15) is 0 Å². The molecule has 0 aliphatic rings. The monoisotopic (exact) mass is 252 g/mol. The van der Waals surface area contributed by atoms with E-state index in [4.69, 9.17) is 4.74 Å². The summed E-state index contributed by atoms with van der Waals surface area (Å²) in [6, 6.07) is 4.52. The second-order valence-electron chi connectivity index (χ2n) is 3.55. The Balaban J connectivity index is 2.08. The lowest BCUT2D eigenvalue weighted by atomic mass is 10.2. The molecular weight excluding hydrogens is 239 g/mol. The van der Waals surface area contributed by atoms with Gasteiger partial charge in [0.1, 0.15) is 18.2 Å². The number of thiazole rings is 1. The molecule has 0 fully saturated rings. The highest BCUT2D eigenvalue weighted by Crippen LogP contribution is 2.20. The van der Waals surface area contributed by atoms with Gasteiger partial charge in [0.25, 0.3) is 0 Å². The van der Waals surface area contributed by atoms with Gasteiger partial charge in [0.2, 0.25) is 0 Å². The van der Waals surface area contributed by atoms with Crippen LogP contribution in [0, 0.1) is 5.82 Å². The van der Waals surface area contributed by atoms with Crippen LogP contribution in [0.3, 0.4) is 0 Å². The summed E-state index contributed by atoms with van der Waals surface area (Å²) in [5, 5.41) is 4.92. The lowest BCUT2D eigenvalue weighted by Crippen LogP contribution is -2.08. The van der Waals surface area contributed by atoms with Crippen LogP contribution in [-0.2, 0) is 13.2 Å². The van der Waals surface area contributed by atoms with Crippen molar-refractivity contribution in [1.82, 2.24) is 10.3 Å². The van der Waals surface area contributed by atoms with E-state index in [-0.39, 0.29) is 5.82 Å². The van der Waals surface area contributed by atoms with Crippen molar-refractivity contribution < 1.29 is 9.13 Å². The average Bonchev–Trinajstić information content (AvgIpc) is 2.81. The minimum absolute atomic E-state index is 0.253. The third-order valence-electron chi connectivity index (χ3n) is 2.25. The van der Waals surface area contributed by atoms with Gasteiger partial charge in [-0.15, -0.1) is 11.3 Å². The molecule has 2 rings (SSSR count). The van der Waals surface area contributed by atoms with Crippen LogP contribution in [0.4, 0.5) is 4.39 Å². The molecule has 1 N–H and O–H groups in total. The molecule has 0 amide bonds. The highest BCUT2D eigenvalue weighted by Gasteiger charge is 2.05. The molecule has 0 aliphatic heterocycles. The van der Waals surface area contributed by atoms with Gasteiger partial charge in [0.05, 0.1) is 11.2 Å². The fraction of sp³-hybridized carbons (Fsp3) is 0.250. The Hall–Kier alpha value is -1.46. The maximum Gasteiger partial charge on any atom is 0.131 e. The van der Waals surface area contributed by atoms with Crippen LogP contribution >= 0.6 is 11.3 Å². The van der Waals surface area contributed by atoms with Gasteiger partial charge in [0.15, 0.2) is 0 Å². The smallest absolute Gasteiger partial charge is 0.131 e. The molecule has 90 valence electrons. The maximum absolute atomic E-state index is 13.1. The number of ether oxygens (including phenoxy) is 1. The number of hydrogen-bond acceptors (Lipinski definition) is 4. The zero-order chi connectivity index (χ0) is 12.1. The Labute approximate surface area is 103 Å². The number of rotatable bonds is 5. The first-order valence-electron chi connectivity index (χ1n) is 5.22. The van der Waals surface area contributed by atoms with Crippen molar-refractivity contribution in [3.8, 4) is 5.75 Å². The number of benzene rings is 1. The van der Waals surface area contributed by atoms with Crippen LogP contribution < -0.4 is 10.1 Å². The summed E-state index contributed by atoms with van der Waals surface area (Å²) >= 11 is 1.53. The van der Waals surface area contributed by atoms with Gasteiger partial charge in [-0.3, -0.25) is 0 Å². The standard InChI is InChI=1S/C12H13FN2OS/c1-14-5-9-4-10(13)2-3-12(9)16-6-11-7-17-8-15-11/h2-4,7-8,14H,5-6H2,1H3. The van der Waals surface area contributed by atoms with E-state index in [1.807, 2.05) is 12.4 Å². The Bertz CT molecular complexity index is 473. The largest absolute Gasteiger partial charge is 0.487 e. The molecule has 1 aromatic heterocycles. The molecule has 17 heavy (non-hydrogen) atoms. The summed E-state index contributed by atoms with van der Waals surface area (Å²) in [4.78, 5) is 4.13. The molecule has 0 saturated heterocycles. The third kappa shape index (κ3) is 3.25. The van der Waals surface area contributed by atoms with E-state index in [1.54, 1.807) is 11.6 Å². The van der Waals surface area contributed by atoms with Crippen molar-refractivity contribution >= 4 is 11.3 Å². The first kappa shape index (κ1) is 12.0. The lowest BCUT2D eigenvalue weighted by molar-refractivity contribution is 0.298. The molecule has 0 bridgehead atoms. The summed E-state index contributed by atoms with van der Waals surface area (Å²) in [6.45, 7) is 0.982. The van der Waals surface area contributed by atoms with Crippen molar-refractivity contribution in [2.24, 2.45) is 0 Å². The molecular formula is C12H13FN2OS. The van der Waals surface area contributed by atoms with Crippen LogP contribution in [0.2, 0.25) is 0 Å². The van der Waals surface area contributed by atoms with Gasteiger partial charge in [-0.05, 0) is 25.2 Å². The highest BCUT2D eigenvalue weighted by atomic mass is 32.1. The van der Waals surface area contributed by atoms with Gasteiger partial charge in [0, 0.05) is 17.5 Å². The molecule has 3 nitrogen and oxygen atoms in total. The number of aromatic nitrogens is 1. The number of nitrogens with zero attached hydrogens (tertiary/aromatic N) is 1. The summed E-state index contributed by atoms with van der Waals surface area (Å²) in [7, 11) is 1.81. The van der Waals surface area contributed by atoms with Crippen LogP contribution in [-0.4, -0.2) is 12.0 Å². The van der Waals surface area contributed by atoms with Crippen molar-refractivity contribution in [3.63, 3.8) is 0 Å². The van der Waals surface area contributed by atoms with E-state index in [9.17, 15) is 4.39 Å². The van der Waals surface area contributed by atoms with E-state index in [1.165, 1.54) is 23.5 Å². The van der Waals surface area contributed by atoms with E-state index in [2.05, 4.69) is 10.3 Å². The first-order valence-corrected chi connectivity index (χ1v) is 6.17. The van der Waals surface area contributed by atoms with Crippen molar-refractivity contribution in [1.29, 1.82) is 0 Å². The normalized spacial score (nSPS) is 10.5. The van der Waals surface area contributed by atoms with Crippen LogP contribution in [0.1, 0.15) is 11.3 Å². The molecule has 0 saturated carbocycles. The highest BCUT2D eigenvalue weighted by molar-refractivity contribution is 7.07. The van der Waals surface area contributed by atoms with Gasteiger partial charge in [-0.25, -0.2) is 9.37 Å². The van der Waals surface area contributed by atoms with Gasteiger partial charge in [-0.1, -0.05) is 0 Å². The quantitative estimate of drug-likeness (QED) is 0.888. The van der Waals surface area contributed by atoms with E-state index in [0.29, 0.717) is 18.9 Å². The van der Waals surface area contributed by atoms with E-state index < -0.39 is 0 Å². The molecule has 1 aromatic carbocycles. The third-order valence-corrected chi connectivity index (χ3v) is 2.88. The Morgan fingerprint density at radius 3 is 3.06 bits per heavy atom. The van der Waals surface area contributed by atoms with Crippen LogP contribution in [0.25, 0.3) is 0 Å². The number of halogens is 1. The topological polar surface area (TPSA) is 34.1 Å². The van der Waals surface area contributed by atoms with Crippen LogP contribution in [0.15, 0.2) is 29.1 Å². The Morgan fingerprint density at radius 1 is 1.47 bits per heavy atom. The summed E-state index contributed by atoms with van der Waals surface area (Å²) in [5.41, 5.74) is 3.45. The molecule has 0 radical (unpaired) electrons. The summed E-state index contributed by atoms with van der Waals surface area (Å²) in [6.07, 6.45) is 0. The van der Waals surface area contributed by atoms with Crippen LogP contribution in [0.5, 0.6) is 5.75 Å². The molecule has 0 atom stereocenters. The molecule has 1 heterocycles. The zero-order valence-corrected chi connectivity index (χ0v) is 10.3. The van der Waals surface area contributed by atoms with Crippen molar-refractivity contribution in [2.75, 3.05) is 7.05 Å². The Kier molecular flexibility index (Phi) is 4.06. The zero-order valence-electron chi connectivity index (χ0n) is 9.44. The van der Waals surface area contributed by atoms with E-state index in [0.717, 1.165) is 11.3 Å².